The van der Waals surface area contributed by atoms with Gasteiger partial charge in [0.15, 0.2) is 5.41 Å². The van der Waals surface area contributed by atoms with Gasteiger partial charge in [0.05, 0.1) is 11.1 Å². The Balaban J connectivity index is 1.82. The lowest BCUT2D eigenvalue weighted by Gasteiger charge is -2.30. The van der Waals surface area contributed by atoms with E-state index in [1.54, 1.807) is 20.8 Å². The topological polar surface area (TPSA) is 93.2 Å². The number of halogens is 3. The second kappa shape index (κ2) is 6.99. The van der Waals surface area contributed by atoms with Crippen LogP contribution in [0.3, 0.4) is 0 Å². The Hall–Kier alpha value is -3.11. The number of rotatable bonds is 2. The predicted octanol–water partition coefficient (Wildman–Crippen LogP) is 2.93. The second-order valence-electron chi connectivity index (χ2n) is 8.06. The van der Waals surface area contributed by atoms with Crippen LogP contribution in [-0.4, -0.2) is 58.7 Å². The van der Waals surface area contributed by atoms with E-state index in [0.29, 0.717) is 0 Å². The lowest BCUT2D eigenvalue weighted by Crippen LogP contribution is -2.51. The molecule has 1 unspecified atom stereocenters. The molecule has 2 aliphatic heterocycles. The zero-order valence-electron chi connectivity index (χ0n) is 16.4. The number of hydroxylamine groups is 2. The minimum atomic E-state index is -5.10. The number of ether oxygens (including phenoxy) is 1. The Morgan fingerprint density at radius 3 is 2.03 bits per heavy atom. The van der Waals surface area contributed by atoms with Gasteiger partial charge in [-0.3, -0.25) is 9.59 Å². The third-order valence-electron chi connectivity index (χ3n) is 4.79. The van der Waals surface area contributed by atoms with Crippen molar-refractivity contribution in [1.82, 2.24) is 9.96 Å². The van der Waals surface area contributed by atoms with E-state index in [9.17, 15) is 32.3 Å². The fourth-order valence-corrected chi connectivity index (χ4v) is 3.23. The summed E-state index contributed by atoms with van der Waals surface area (Å²) in [5.41, 5.74) is -4.21. The van der Waals surface area contributed by atoms with E-state index < -0.39 is 60.6 Å². The Kier molecular flexibility index (Phi) is 5.03. The summed E-state index contributed by atoms with van der Waals surface area (Å²) in [5.74, 6) is -3.91. The number of carbonyl (C=O) groups excluding carboxylic acids is 4. The molecule has 0 aliphatic carbocycles. The molecular weight excluding hydrogens is 409 g/mol. The van der Waals surface area contributed by atoms with Gasteiger partial charge in [0.25, 0.3) is 11.8 Å². The first-order chi connectivity index (χ1) is 13.8. The van der Waals surface area contributed by atoms with Gasteiger partial charge in [0, 0.05) is 13.1 Å². The number of alkyl halides is 3. The summed E-state index contributed by atoms with van der Waals surface area (Å²) in [6.45, 7) is 3.19. The molecule has 0 radical (unpaired) electrons. The Morgan fingerprint density at radius 1 is 1.03 bits per heavy atom. The molecular formula is C19H19F3N2O6. The van der Waals surface area contributed by atoms with Crippen molar-refractivity contribution in [2.75, 3.05) is 13.1 Å². The first kappa shape index (κ1) is 21.6. The molecule has 1 saturated heterocycles. The summed E-state index contributed by atoms with van der Waals surface area (Å²) in [7, 11) is 0. The molecule has 1 atom stereocenters. The zero-order chi connectivity index (χ0) is 22.5. The van der Waals surface area contributed by atoms with Crippen molar-refractivity contribution in [3.8, 4) is 0 Å². The normalized spacial score (nSPS) is 21.7. The average Bonchev–Trinajstić information content (AvgIpc) is 3.18. The van der Waals surface area contributed by atoms with Crippen molar-refractivity contribution in [2.24, 2.45) is 5.41 Å². The third kappa shape index (κ3) is 3.59. The second-order valence-corrected chi connectivity index (χ2v) is 8.06. The minimum absolute atomic E-state index is 0.0244. The maximum atomic E-state index is 13.9. The van der Waals surface area contributed by atoms with E-state index in [2.05, 4.69) is 4.84 Å². The molecule has 0 bridgehead atoms. The minimum Gasteiger partial charge on any atom is -0.444 e. The number of carbonyl (C=O) groups is 4. The summed E-state index contributed by atoms with van der Waals surface area (Å²) < 4.78 is 46.8. The Morgan fingerprint density at radius 2 is 1.57 bits per heavy atom. The Labute approximate surface area is 169 Å². The highest BCUT2D eigenvalue weighted by Crippen LogP contribution is 2.47. The maximum absolute atomic E-state index is 13.9. The van der Waals surface area contributed by atoms with Crippen LogP contribution in [0.1, 0.15) is 47.9 Å². The standard InChI is InChI=1S/C19H19F3N2O6/c1-17(2,3)29-16(28)23-9-8-18(10-23,19(20,21)22)15(27)30-24-13(25)11-6-4-5-7-12(11)14(24)26/h4-7H,8-10H2,1-3H3. The van der Waals surface area contributed by atoms with Gasteiger partial charge < -0.3 is 14.5 Å². The van der Waals surface area contributed by atoms with E-state index >= 15 is 0 Å². The molecule has 2 aliphatic rings. The van der Waals surface area contributed by atoms with Crippen molar-refractivity contribution < 1.29 is 41.9 Å². The number of fused-ring (bicyclic) bond motifs is 1. The van der Waals surface area contributed by atoms with Gasteiger partial charge in [-0.15, -0.1) is 0 Å². The molecule has 0 N–H and O–H groups in total. The third-order valence-corrected chi connectivity index (χ3v) is 4.79. The lowest BCUT2D eigenvalue weighted by molar-refractivity contribution is -0.242. The van der Waals surface area contributed by atoms with E-state index in [1.165, 1.54) is 24.3 Å². The summed E-state index contributed by atoms with van der Waals surface area (Å²) in [6, 6.07) is 5.51. The number of likely N-dealkylation sites (tertiary alicyclic amines) is 1. The van der Waals surface area contributed by atoms with Gasteiger partial charge >= 0.3 is 18.2 Å². The molecule has 0 spiro atoms. The quantitative estimate of drug-likeness (QED) is 0.673. The van der Waals surface area contributed by atoms with Crippen LogP contribution in [0.5, 0.6) is 0 Å². The van der Waals surface area contributed by atoms with Crippen molar-refractivity contribution >= 4 is 23.9 Å². The van der Waals surface area contributed by atoms with Crippen LogP contribution < -0.4 is 0 Å². The summed E-state index contributed by atoms with van der Waals surface area (Å²) >= 11 is 0. The van der Waals surface area contributed by atoms with Gasteiger partial charge in [-0.2, -0.15) is 13.2 Å². The van der Waals surface area contributed by atoms with Gasteiger partial charge in [-0.25, -0.2) is 9.59 Å². The highest BCUT2D eigenvalue weighted by Gasteiger charge is 2.66. The molecule has 1 fully saturated rings. The number of benzene rings is 1. The molecule has 162 valence electrons. The van der Waals surface area contributed by atoms with E-state index in [-0.39, 0.29) is 16.2 Å². The first-order valence-electron chi connectivity index (χ1n) is 9.02. The summed E-state index contributed by atoms with van der Waals surface area (Å²) in [5, 5.41) is 0.0244. The first-order valence-corrected chi connectivity index (χ1v) is 9.02. The van der Waals surface area contributed by atoms with Gasteiger partial charge in [-0.1, -0.05) is 17.2 Å². The van der Waals surface area contributed by atoms with Crippen molar-refractivity contribution in [2.45, 2.75) is 39.0 Å². The van der Waals surface area contributed by atoms with E-state index in [1.807, 2.05) is 0 Å². The van der Waals surface area contributed by atoms with Gasteiger partial charge in [0.1, 0.15) is 5.60 Å². The van der Waals surface area contributed by atoms with Crippen LogP contribution in [0.4, 0.5) is 18.0 Å². The summed E-state index contributed by atoms with van der Waals surface area (Å²) in [6.07, 6.45) is -6.90. The van der Waals surface area contributed by atoms with Gasteiger partial charge in [0.2, 0.25) is 0 Å². The van der Waals surface area contributed by atoms with Crippen LogP contribution in [0.2, 0.25) is 0 Å². The highest BCUT2D eigenvalue weighted by molar-refractivity contribution is 6.20. The molecule has 8 nitrogen and oxygen atoms in total. The van der Waals surface area contributed by atoms with Crippen LogP contribution in [0, 0.1) is 5.41 Å². The molecule has 30 heavy (non-hydrogen) atoms. The fraction of sp³-hybridized carbons (Fsp3) is 0.474. The lowest BCUT2D eigenvalue weighted by atomic mass is 9.86. The molecule has 3 rings (SSSR count). The maximum Gasteiger partial charge on any atom is 0.410 e. The van der Waals surface area contributed by atoms with Crippen LogP contribution in [0.25, 0.3) is 0 Å². The predicted molar refractivity (Wildman–Crippen MR) is 93.9 cm³/mol. The SMILES string of the molecule is CC(C)(C)OC(=O)N1CCC(C(=O)ON2C(=O)c3ccccc3C2=O)(C(F)(F)F)C1. The largest absolute Gasteiger partial charge is 0.444 e. The van der Waals surface area contributed by atoms with E-state index in [4.69, 9.17) is 4.74 Å². The summed E-state index contributed by atoms with van der Waals surface area (Å²) in [4.78, 5) is 54.8. The highest BCUT2D eigenvalue weighted by atomic mass is 19.4. The molecule has 3 amide bonds. The van der Waals surface area contributed by atoms with Gasteiger partial charge in [-0.05, 0) is 39.3 Å². The molecule has 1 aromatic carbocycles. The van der Waals surface area contributed by atoms with Crippen molar-refractivity contribution in [3.05, 3.63) is 35.4 Å². The number of imide groups is 1. The monoisotopic (exact) mass is 428 g/mol. The number of hydrogen-bond acceptors (Lipinski definition) is 6. The molecule has 11 heteroatoms. The number of nitrogens with zero attached hydrogens (tertiary/aromatic N) is 2. The van der Waals surface area contributed by atoms with Crippen LogP contribution >= 0.6 is 0 Å². The zero-order valence-corrected chi connectivity index (χ0v) is 16.4. The molecule has 0 saturated carbocycles. The molecule has 2 heterocycles. The average molecular weight is 428 g/mol. The van der Waals surface area contributed by atoms with Crippen molar-refractivity contribution in [1.29, 1.82) is 0 Å². The van der Waals surface area contributed by atoms with Crippen LogP contribution in [-0.2, 0) is 14.4 Å². The van der Waals surface area contributed by atoms with Crippen molar-refractivity contribution in [3.63, 3.8) is 0 Å². The number of hydrogen-bond donors (Lipinski definition) is 0. The molecule has 0 aromatic heterocycles. The van der Waals surface area contributed by atoms with E-state index in [0.717, 1.165) is 4.90 Å². The Bertz CT molecular complexity index is 889. The fourth-order valence-electron chi connectivity index (χ4n) is 3.23. The van der Waals surface area contributed by atoms with Crippen LogP contribution in [0.15, 0.2) is 24.3 Å². The number of amides is 3. The smallest absolute Gasteiger partial charge is 0.410 e. The molecule has 1 aromatic rings.